The van der Waals surface area contributed by atoms with Crippen LogP contribution in [0.5, 0.6) is 0 Å². The van der Waals surface area contributed by atoms with Gasteiger partial charge >= 0.3 is 0 Å². The monoisotopic (exact) mass is 274 g/mol. The smallest absolute Gasteiger partial charge is 0.194 e. The van der Waals surface area contributed by atoms with E-state index >= 15 is 0 Å². The number of hydrogen-bond acceptors (Lipinski definition) is 2. The van der Waals surface area contributed by atoms with E-state index in [1.807, 2.05) is 12.1 Å². The Labute approximate surface area is 122 Å². The third kappa shape index (κ3) is 2.95. The number of hydrogen-bond donors (Lipinski definition) is 0. The third-order valence-corrected chi connectivity index (χ3v) is 4.48. The van der Waals surface area contributed by atoms with Gasteiger partial charge in [-0.25, -0.2) is 0 Å². The SMILES string of the molecule is COC1(C(=O)c2ccc(C(C)(C)C)cc2)CCCCC1. The van der Waals surface area contributed by atoms with E-state index in [0.717, 1.165) is 31.2 Å². The first-order valence-corrected chi connectivity index (χ1v) is 7.59. The number of ketones is 1. The highest BCUT2D eigenvalue weighted by Gasteiger charge is 2.39. The van der Waals surface area contributed by atoms with Crippen LogP contribution in [0.1, 0.15) is 68.8 Å². The Morgan fingerprint density at radius 3 is 2.05 bits per heavy atom. The van der Waals surface area contributed by atoms with Gasteiger partial charge in [0, 0.05) is 12.7 Å². The zero-order chi connectivity index (χ0) is 14.8. The van der Waals surface area contributed by atoms with Crippen molar-refractivity contribution < 1.29 is 9.53 Å². The van der Waals surface area contributed by atoms with Crippen molar-refractivity contribution in [3.05, 3.63) is 35.4 Å². The maximum atomic E-state index is 12.8. The van der Waals surface area contributed by atoms with Gasteiger partial charge in [-0.1, -0.05) is 64.3 Å². The first-order valence-electron chi connectivity index (χ1n) is 7.59. The van der Waals surface area contributed by atoms with Gasteiger partial charge in [0.1, 0.15) is 5.60 Å². The molecule has 110 valence electrons. The van der Waals surface area contributed by atoms with Crippen molar-refractivity contribution in [3.8, 4) is 0 Å². The van der Waals surface area contributed by atoms with Gasteiger partial charge in [-0.05, 0) is 23.8 Å². The molecule has 0 N–H and O–H groups in total. The molecule has 0 aliphatic heterocycles. The fraction of sp³-hybridized carbons (Fsp3) is 0.611. The van der Waals surface area contributed by atoms with Crippen molar-refractivity contribution in [3.63, 3.8) is 0 Å². The van der Waals surface area contributed by atoms with Crippen LogP contribution in [-0.2, 0) is 10.2 Å². The molecule has 0 unspecified atom stereocenters. The van der Waals surface area contributed by atoms with Crippen molar-refractivity contribution in [2.24, 2.45) is 0 Å². The lowest BCUT2D eigenvalue weighted by atomic mass is 9.78. The van der Waals surface area contributed by atoms with Crippen molar-refractivity contribution >= 4 is 5.78 Å². The molecule has 1 aromatic carbocycles. The fourth-order valence-electron chi connectivity index (χ4n) is 3.03. The molecular formula is C18H26O2. The van der Waals surface area contributed by atoms with Gasteiger partial charge in [-0.2, -0.15) is 0 Å². The van der Waals surface area contributed by atoms with Crippen molar-refractivity contribution in [1.29, 1.82) is 0 Å². The molecule has 0 aromatic heterocycles. The van der Waals surface area contributed by atoms with E-state index in [1.165, 1.54) is 12.0 Å². The van der Waals surface area contributed by atoms with E-state index in [9.17, 15) is 4.79 Å². The molecule has 1 aliphatic carbocycles. The Morgan fingerprint density at radius 2 is 1.60 bits per heavy atom. The molecular weight excluding hydrogens is 248 g/mol. The van der Waals surface area contributed by atoms with Gasteiger partial charge in [0.2, 0.25) is 0 Å². The van der Waals surface area contributed by atoms with Crippen LogP contribution < -0.4 is 0 Å². The average Bonchev–Trinajstić information content (AvgIpc) is 2.46. The lowest BCUT2D eigenvalue weighted by molar-refractivity contribution is -0.0194. The minimum Gasteiger partial charge on any atom is -0.370 e. The lowest BCUT2D eigenvalue weighted by Crippen LogP contribution is -2.42. The molecule has 2 nitrogen and oxygen atoms in total. The molecule has 0 heterocycles. The summed E-state index contributed by atoms with van der Waals surface area (Å²) in [7, 11) is 1.67. The van der Waals surface area contributed by atoms with Crippen LogP contribution in [0.25, 0.3) is 0 Å². The van der Waals surface area contributed by atoms with Gasteiger partial charge in [-0.15, -0.1) is 0 Å². The van der Waals surface area contributed by atoms with Gasteiger partial charge in [0.15, 0.2) is 5.78 Å². The second-order valence-corrected chi connectivity index (χ2v) is 6.92. The number of rotatable bonds is 3. The molecule has 0 radical (unpaired) electrons. The third-order valence-electron chi connectivity index (χ3n) is 4.48. The number of Topliss-reactive ketones (excluding diaryl/α,β-unsaturated/α-hetero) is 1. The van der Waals surface area contributed by atoms with Crippen LogP contribution in [0.2, 0.25) is 0 Å². The van der Waals surface area contributed by atoms with Crippen LogP contribution in [0.4, 0.5) is 0 Å². The number of carbonyl (C=O) groups is 1. The Balaban J connectivity index is 2.24. The topological polar surface area (TPSA) is 26.3 Å². The quantitative estimate of drug-likeness (QED) is 0.758. The molecule has 0 amide bonds. The molecule has 1 fully saturated rings. The maximum absolute atomic E-state index is 12.8. The molecule has 20 heavy (non-hydrogen) atoms. The molecule has 1 aromatic rings. The maximum Gasteiger partial charge on any atom is 0.194 e. The summed E-state index contributed by atoms with van der Waals surface area (Å²) in [5, 5.41) is 0. The highest BCUT2D eigenvalue weighted by atomic mass is 16.5. The predicted octanol–water partition coefficient (Wildman–Crippen LogP) is 4.52. The first-order chi connectivity index (χ1) is 9.39. The second-order valence-electron chi connectivity index (χ2n) is 6.92. The summed E-state index contributed by atoms with van der Waals surface area (Å²) in [6.07, 6.45) is 5.08. The second kappa shape index (κ2) is 5.69. The van der Waals surface area contributed by atoms with Gasteiger partial charge in [0.25, 0.3) is 0 Å². The van der Waals surface area contributed by atoms with Crippen LogP contribution in [0.15, 0.2) is 24.3 Å². The molecule has 1 aliphatic rings. The van der Waals surface area contributed by atoms with Crippen LogP contribution in [-0.4, -0.2) is 18.5 Å². The zero-order valence-corrected chi connectivity index (χ0v) is 13.2. The number of carbonyl (C=O) groups excluding carboxylic acids is 1. The summed E-state index contributed by atoms with van der Waals surface area (Å²) >= 11 is 0. The minimum atomic E-state index is -0.582. The summed E-state index contributed by atoms with van der Waals surface area (Å²) in [6, 6.07) is 8.05. The highest BCUT2D eigenvalue weighted by molar-refractivity contribution is 6.02. The largest absolute Gasteiger partial charge is 0.370 e. The minimum absolute atomic E-state index is 0.116. The summed E-state index contributed by atoms with van der Waals surface area (Å²) in [5.41, 5.74) is 1.57. The van der Waals surface area contributed by atoms with Crippen LogP contribution in [0.3, 0.4) is 0 Å². The van der Waals surface area contributed by atoms with E-state index in [0.29, 0.717) is 0 Å². The lowest BCUT2D eigenvalue weighted by Gasteiger charge is -2.34. The molecule has 0 spiro atoms. The van der Waals surface area contributed by atoms with Crippen molar-refractivity contribution in [2.75, 3.05) is 7.11 Å². The Kier molecular flexibility index (Phi) is 4.33. The Hall–Kier alpha value is -1.15. The molecule has 0 saturated heterocycles. The van der Waals surface area contributed by atoms with E-state index in [2.05, 4.69) is 32.9 Å². The summed E-state index contributed by atoms with van der Waals surface area (Å²) < 4.78 is 5.64. The predicted molar refractivity (Wildman–Crippen MR) is 82.3 cm³/mol. The Morgan fingerprint density at radius 1 is 1.05 bits per heavy atom. The number of methoxy groups -OCH3 is 1. The summed E-state index contributed by atoms with van der Waals surface area (Å²) in [5.74, 6) is 0.153. The van der Waals surface area contributed by atoms with E-state index in [1.54, 1.807) is 7.11 Å². The number of ether oxygens (including phenoxy) is 1. The summed E-state index contributed by atoms with van der Waals surface area (Å²) in [6.45, 7) is 6.55. The van der Waals surface area contributed by atoms with Crippen LogP contribution in [0, 0.1) is 0 Å². The molecule has 0 bridgehead atoms. The fourth-order valence-corrected chi connectivity index (χ4v) is 3.03. The van der Waals surface area contributed by atoms with Crippen molar-refractivity contribution in [1.82, 2.24) is 0 Å². The molecule has 2 heteroatoms. The first kappa shape index (κ1) is 15.2. The molecule has 0 atom stereocenters. The van der Waals surface area contributed by atoms with E-state index < -0.39 is 5.60 Å². The molecule has 2 rings (SSSR count). The standard InChI is InChI=1S/C18H26O2/c1-17(2,3)15-10-8-14(9-11-15)16(19)18(20-4)12-6-5-7-13-18/h8-11H,5-7,12-13H2,1-4H3. The van der Waals surface area contributed by atoms with Gasteiger partial charge < -0.3 is 4.74 Å². The van der Waals surface area contributed by atoms with E-state index in [-0.39, 0.29) is 11.2 Å². The van der Waals surface area contributed by atoms with Gasteiger partial charge in [0.05, 0.1) is 0 Å². The Bertz CT molecular complexity index is 459. The number of benzene rings is 1. The van der Waals surface area contributed by atoms with Gasteiger partial charge in [-0.3, -0.25) is 4.79 Å². The molecule has 1 saturated carbocycles. The van der Waals surface area contributed by atoms with Crippen molar-refractivity contribution in [2.45, 2.75) is 63.9 Å². The zero-order valence-electron chi connectivity index (χ0n) is 13.2. The summed E-state index contributed by atoms with van der Waals surface area (Å²) in [4.78, 5) is 12.8. The normalized spacial score (nSPS) is 18.8. The van der Waals surface area contributed by atoms with Crippen LogP contribution >= 0.6 is 0 Å². The highest BCUT2D eigenvalue weighted by Crippen LogP contribution is 2.34. The van der Waals surface area contributed by atoms with E-state index in [4.69, 9.17) is 4.74 Å². The average molecular weight is 274 g/mol.